The minimum absolute atomic E-state index is 0.0354. The van der Waals surface area contributed by atoms with Gasteiger partial charge in [0.15, 0.2) is 6.61 Å². The maximum atomic E-state index is 13.0. The number of amides is 4. The molecule has 3 rings (SSSR count). The first-order chi connectivity index (χ1) is 21.3. The van der Waals surface area contributed by atoms with Crippen molar-refractivity contribution in [2.45, 2.75) is 51.8 Å². The molecule has 1 heterocycles. The standard InChI is InChI=1S/C32H40ClN5O4S2/c1-4-25-15-16-29(44-25)31(40)36-27(5-2)28(21-43-20-23-9-7-8-10-26(23)33)37-38-32(41)35-18-17-22-11-13-24(14-12-22)42-19-30(39)34-6-3/h7-16,27H,4-6,17-21H2,1-3H3,(H,34,39)(H,36,40)(H2,35,38,41)/b37-28+/t27-/m0/s1. The van der Waals surface area contributed by atoms with E-state index in [-0.39, 0.29) is 24.5 Å². The number of hydrazone groups is 1. The molecule has 0 saturated carbocycles. The van der Waals surface area contributed by atoms with Crippen LogP contribution in [0.25, 0.3) is 0 Å². The number of nitrogens with zero attached hydrogens (tertiary/aromatic N) is 1. The molecule has 0 aliphatic rings. The van der Waals surface area contributed by atoms with E-state index in [1.165, 1.54) is 11.3 Å². The number of halogens is 1. The van der Waals surface area contributed by atoms with Crippen LogP contribution in [0.4, 0.5) is 4.79 Å². The predicted octanol–water partition coefficient (Wildman–Crippen LogP) is 5.82. The Labute approximate surface area is 272 Å². The van der Waals surface area contributed by atoms with Gasteiger partial charge < -0.3 is 20.7 Å². The molecule has 12 heteroatoms. The maximum Gasteiger partial charge on any atom is 0.335 e. The van der Waals surface area contributed by atoms with Gasteiger partial charge in [-0.3, -0.25) is 9.59 Å². The van der Waals surface area contributed by atoms with Crippen molar-refractivity contribution in [3.8, 4) is 5.75 Å². The third-order valence-corrected chi connectivity index (χ3v) is 9.09. The number of likely N-dealkylation sites (N-methyl/N-ethyl adjacent to an activating group) is 1. The number of aryl methyl sites for hydroxylation is 1. The van der Waals surface area contributed by atoms with Gasteiger partial charge in [-0.15, -0.1) is 11.3 Å². The molecular formula is C32H40ClN5O4S2. The van der Waals surface area contributed by atoms with Gasteiger partial charge in [0.2, 0.25) is 0 Å². The summed E-state index contributed by atoms with van der Waals surface area (Å²) in [4.78, 5) is 39.0. The molecule has 1 aromatic heterocycles. The highest BCUT2D eigenvalue weighted by Gasteiger charge is 2.20. The molecule has 44 heavy (non-hydrogen) atoms. The van der Waals surface area contributed by atoms with Gasteiger partial charge >= 0.3 is 6.03 Å². The average molecular weight is 658 g/mol. The summed E-state index contributed by atoms with van der Waals surface area (Å²) in [6.07, 6.45) is 2.08. The van der Waals surface area contributed by atoms with Gasteiger partial charge in [0.1, 0.15) is 5.75 Å². The second-order valence-corrected chi connectivity index (χ2v) is 12.3. The molecule has 9 nitrogen and oxygen atoms in total. The average Bonchev–Trinajstić information content (AvgIpc) is 3.52. The molecule has 2 aromatic carbocycles. The lowest BCUT2D eigenvalue weighted by molar-refractivity contribution is -0.122. The van der Waals surface area contributed by atoms with Crippen LogP contribution in [0, 0.1) is 0 Å². The van der Waals surface area contributed by atoms with Crippen molar-refractivity contribution in [2.75, 3.05) is 25.4 Å². The summed E-state index contributed by atoms with van der Waals surface area (Å²) in [6.45, 7) is 6.80. The lowest BCUT2D eigenvalue weighted by atomic mass is 10.1. The van der Waals surface area contributed by atoms with E-state index in [0.717, 1.165) is 22.4 Å². The SMILES string of the molecule is CCNC(=O)COc1ccc(CCNC(=O)N/N=C(\CSCc2ccccc2Cl)[C@H](CC)NC(=O)c2ccc(CC)s2)cc1. The quantitative estimate of drug-likeness (QED) is 0.108. The number of urea groups is 1. The van der Waals surface area contributed by atoms with Crippen molar-refractivity contribution in [1.29, 1.82) is 0 Å². The van der Waals surface area contributed by atoms with E-state index in [0.29, 0.717) is 58.8 Å². The number of ether oxygens (including phenoxy) is 1. The van der Waals surface area contributed by atoms with Crippen LogP contribution in [0.15, 0.2) is 65.8 Å². The molecular weight excluding hydrogens is 618 g/mol. The molecule has 4 N–H and O–H groups in total. The molecule has 0 unspecified atom stereocenters. The minimum atomic E-state index is -0.437. The van der Waals surface area contributed by atoms with Crippen LogP contribution in [0.1, 0.15) is 52.9 Å². The molecule has 0 spiro atoms. The summed E-state index contributed by atoms with van der Waals surface area (Å²) in [6, 6.07) is 18.1. The Morgan fingerprint density at radius 1 is 1.00 bits per heavy atom. The molecule has 0 aliphatic carbocycles. The summed E-state index contributed by atoms with van der Waals surface area (Å²) in [5.41, 5.74) is 5.28. The largest absolute Gasteiger partial charge is 0.484 e. The first-order valence-electron chi connectivity index (χ1n) is 14.6. The molecule has 1 atom stereocenters. The highest BCUT2D eigenvalue weighted by Crippen LogP contribution is 2.22. The van der Waals surface area contributed by atoms with Crippen LogP contribution in [-0.4, -0.2) is 55.0 Å². The highest BCUT2D eigenvalue weighted by molar-refractivity contribution is 7.99. The number of rotatable bonds is 17. The Kier molecular flexibility index (Phi) is 15.1. The van der Waals surface area contributed by atoms with Gasteiger partial charge in [0.25, 0.3) is 11.8 Å². The van der Waals surface area contributed by atoms with Crippen molar-refractivity contribution in [2.24, 2.45) is 5.10 Å². The van der Waals surface area contributed by atoms with Crippen molar-refractivity contribution in [1.82, 2.24) is 21.4 Å². The van der Waals surface area contributed by atoms with E-state index >= 15 is 0 Å². The summed E-state index contributed by atoms with van der Waals surface area (Å²) >= 11 is 9.42. The van der Waals surface area contributed by atoms with Gasteiger partial charge in [0, 0.05) is 34.5 Å². The maximum absolute atomic E-state index is 13.0. The van der Waals surface area contributed by atoms with Crippen LogP contribution in [-0.2, 0) is 23.4 Å². The van der Waals surface area contributed by atoms with E-state index in [1.807, 2.05) is 62.4 Å². The summed E-state index contributed by atoms with van der Waals surface area (Å²) in [7, 11) is 0. The molecule has 0 fully saturated rings. The fraction of sp³-hybridized carbons (Fsp3) is 0.375. The van der Waals surface area contributed by atoms with E-state index < -0.39 is 6.03 Å². The summed E-state index contributed by atoms with van der Waals surface area (Å²) in [5, 5.41) is 13.7. The second-order valence-electron chi connectivity index (χ2n) is 9.74. The number of hydrogen-bond acceptors (Lipinski definition) is 7. The molecule has 0 radical (unpaired) electrons. The second kappa shape index (κ2) is 19.0. The molecule has 236 valence electrons. The molecule has 0 aliphatic heterocycles. The van der Waals surface area contributed by atoms with E-state index in [2.05, 4.69) is 33.4 Å². The lowest BCUT2D eigenvalue weighted by Crippen LogP contribution is -2.43. The molecule has 0 bridgehead atoms. The van der Waals surface area contributed by atoms with E-state index in [9.17, 15) is 14.4 Å². The Balaban J connectivity index is 1.56. The number of thiophene rings is 1. The third-order valence-electron chi connectivity index (χ3n) is 6.48. The third kappa shape index (κ3) is 11.9. The number of thioether (sulfide) groups is 1. The Morgan fingerprint density at radius 3 is 2.45 bits per heavy atom. The lowest BCUT2D eigenvalue weighted by Gasteiger charge is -2.19. The molecule has 4 amide bonds. The van der Waals surface area contributed by atoms with Gasteiger partial charge in [-0.2, -0.15) is 16.9 Å². The summed E-state index contributed by atoms with van der Waals surface area (Å²) < 4.78 is 5.47. The Bertz CT molecular complexity index is 1400. The van der Waals surface area contributed by atoms with Crippen LogP contribution < -0.4 is 26.1 Å². The van der Waals surface area contributed by atoms with Gasteiger partial charge in [0.05, 0.1) is 16.6 Å². The fourth-order valence-electron chi connectivity index (χ4n) is 4.06. The van der Waals surface area contributed by atoms with E-state index in [4.69, 9.17) is 16.3 Å². The number of hydrogen-bond donors (Lipinski definition) is 4. The molecule has 0 saturated heterocycles. The number of carbonyl (C=O) groups excluding carboxylic acids is 3. The Morgan fingerprint density at radius 2 is 1.77 bits per heavy atom. The Hall–Kier alpha value is -3.54. The predicted molar refractivity (Wildman–Crippen MR) is 181 cm³/mol. The smallest absolute Gasteiger partial charge is 0.335 e. The first kappa shape index (κ1) is 34.9. The van der Waals surface area contributed by atoms with Crippen molar-refractivity contribution >= 4 is 58.3 Å². The number of nitrogens with one attached hydrogen (secondary N) is 4. The van der Waals surface area contributed by atoms with Crippen LogP contribution in [0.3, 0.4) is 0 Å². The topological polar surface area (TPSA) is 121 Å². The minimum Gasteiger partial charge on any atom is -0.484 e. The first-order valence-corrected chi connectivity index (χ1v) is 17.0. The number of carbonyl (C=O) groups is 3. The van der Waals surface area contributed by atoms with Crippen LogP contribution >= 0.6 is 34.7 Å². The number of benzene rings is 2. The zero-order chi connectivity index (χ0) is 31.7. The van der Waals surface area contributed by atoms with Crippen LogP contribution in [0.2, 0.25) is 5.02 Å². The van der Waals surface area contributed by atoms with Crippen molar-refractivity contribution in [3.63, 3.8) is 0 Å². The highest BCUT2D eigenvalue weighted by atomic mass is 35.5. The van der Waals surface area contributed by atoms with Gasteiger partial charge in [-0.1, -0.05) is 55.8 Å². The molecule has 3 aromatic rings. The van der Waals surface area contributed by atoms with Crippen molar-refractivity contribution in [3.05, 3.63) is 86.6 Å². The zero-order valence-corrected chi connectivity index (χ0v) is 27.7. The van der Waals surface area contributed by atoms with E-state index in [1.54, 1.807) is 23.9 Å². The van der Waals surface area contributed by atoms with Crippen molar-refractivity contribution < 1.29 is 19.1 Å². The fourth-order valence-corrected chi connectivity index (χ4v) is 6.24. The van der Waals surface area contributed by atoms with Gasteiger partial charge in [-0.05, 0) is 67.6 Å². The normalized spacial score (nSPS) is 11.9. The monoisotopic (exact) mass is 657 g/mol. The summed E-state index contributed by atoms with van der Waals surface area (Å²) in [5.74, 6) is 1.43. The van der Waals surface area contributed by atoms with Crippen LogP contribution in [0.5, 0.6) is 5.75 Å². The zero-order valence-electron chi connectivity index (χ0n) is 25.3. The van der Waals surface area contributed by atoms with Gasteiger partial charge in [-0.25, -0.2) is 10.2 Å².